The third kappa shape index (κ3) is 3.62. The zero-order valence-corrected chi connectivity index (χ0v) is 13.4. The number of hydrogen-bond donors (Lipinski definition) is 0. The van der Waals surface area contributed by atoms with Crippen LogP contribution in [0.15, 0.2) is 6.20 Å². The molecule has 1 fully saturated rings. The number of piperazine rings is 1. The summed E-state index contributed by atoms with van der Waals surface area (Å²) in [5.41, 5.74) is 3.38. The molecule has 1 aliphatic heterocycles. The van der Waals surface area contributed by atoms with Gasteiger partial charge in [-0.1, -0.05) is 0 Å². The lowest BCUT2D eigenvalue weighted by Crippen LogP contribution is -2.46. The minimum Gasteiger partial charge on any atom is -0.496 e. The van der Waals surface area contributed by atoms with Gasteiger partial charge in [-0.3, -0.25) is 14.8 Å². The lowest BCUT2D eigenvalue weighted by molar-refractivity contribution is 0.131. The molecule has 0 radical (unpaired) electrons. The summed E-state index contributed by atoms with van der Waals surface area (Å²) in [7, 11) is 1.73. The Balaban J connectivity index is 1.98. The highest BCUT2D eigenvalue weighted by molar-refractivity contribution is 6.18. The third-order valence-corrected chi connectivity index (χ3v) is 4.16. The Kier molecular flexibility index (Phi) is 5.64. The minimum absolute atomic E-state index is 0.718. The first-order valence-electron chi connectivity index (χ1n) is 7.15. The van der Waals surface area contributed by atoms with E-state index in [9.17, 15) is 0 Å². The first-order valence-corrected chi connectivity index (χ1v) is 7.69. The van der Waals surface area contributed by atoms with Crippen LogP contribution in [-0.2, 0) is 6.54 Å². The fourth-order valence-corrected chi connectivity index (χ4v) is 2.97. The van der Waals surface area contributed by atoms with Gasteiger partial charge in [0.05, 0.1) is 12.8 Å². The highest BCUT2D eigenvalue weighted by Gasteiger charge is 2.18. The summed E-state index contributed by atoms with van der Waals surface area (Å²) in [5, 5.41) is 0. The number of methoxy groups -OCH3 is 1. The highest BCUT2D eigenvalue weighted by atomic mass is 35.5. The van der Waals surface area contributed by atoms with Crippen LogP contribution in [0.5, 0.6) is 5.75 Å². The van der Waals surface area contributed by atoms with Gasteiger partial charge in [-0.2, -0.15) is 0 Å². The molecule has 0 saturated carbocycles. The fraction of sp³-hybridized carbons (Fsp3) is 0.667. The quantitative estimate of drug-likeness (QED) is 0.778. The van der Waals surface area contributed by atoms with Crippen LogP contribution in [0.1, 0.15) is 16.8 Å². The van der Waals surface area contributed by atoms with E-state index in [4.69, 9.17) is 16.3 Å². The molecule has 0 N–H and O–H groups in total. The summed E-state index contributed by atoms with van der Waals surface area (Å²) < 4.78 is 5.47. The van der Waals surface area contributed by atoms with Crippen molar-refractivity contribution in [1.82, 2.24) is 14.8 Å². The predicted molar refractivity (Wildman–Crippen MR) is 82.7 cm³/mol. The van der Waals surface area contributed by atoms with Crippen LogP contribution in [0, 0.1) is 13.8 Å². The average Bonchev–Trinajstić information content (AvgIpc) is 2.45. The molecule has 1 aliphatic rings. The van der Waals surface area contributed by atoms with Gasteiger partial charge in [-0.25, -0.2) is 0 Å². The molecular weight excluding hydrogens is 274 g/mol. The first kappa shape index (κ1) is 15.5. The van der Waals surface area contributed by atoms with E-state index < -0.39 is 0 Å². The molecule has 0 unspecified atom stereocenters. The second kappa shape index (κ2) is 7.25. The van der Waals surface area contributed by atoms with Gasteiger partial charge >= 0.3 is 0 Å². The molecule has 2 heterocycles. The van der Waals surface area contributed by atoms with Crippen molar-refractivity contribution in [2.75, 3.05) is 45.7 Å². The maximum atomic E-state index is 5.79. The number of nitrogens with zero attached hydrogens (tertiary/aromatic N) is 3. The molecule has 0 aromatic carbocycles. The van der Waals surface area contributed by atoms with Crippen molar-refractivity contribution in [2.45, 2.75) is 20.4 Å². The molecular formula is C15H24ClN3O. The van der Waals surface area contributed by atoms with E-state index in [0.29, 0.717) is 0 Å². The molecule has 4 nitrogen and oxygen atoms in total. The molecule has 0 amide bonds. The van der Waals surface area contributed by atoms with Gasteiger partial charge in [0.1, 0.15) is 5.75 Å². The minimum atomic E-state index is 0.718. The van der Waals surface area contributed by atoms with Gasteiger partial charge in [0, 0.05) is 62.5 Å². The number of rotatable bonds is 5. The van der Waals surface area contributed by atoms with Crippen LogP contribution in [0.4, 0.5) is 0 Å². The van der Waals surface area contributed by atoms with E-state index in [1.54, 1.807) is 7.11 Å². The molecule has 5 heteroatoms. The van der Waals surface area contributed by atoms with Crippen molar-refractivity contribution < 1.29 is 4.74 Å². The Morgan fingerprint density at radius 2 is 1.85 bits per heavy atom. The maximum Gasteiger partial charge on any atom is 0.128 e. The van der Waals surface area contributed by atoms with Crippen molar-refractivity contribution >= 4 is 11.6 Å². The number of ether oxygens (including phenoxy) is 1. The highest BCUT2D eigenvalue weighted by Crippen LogP contribution is 2.24. The smallest absolute Gasteiger partial charge is 0.128 e. The van der Waals surface area contributed by atoms with Crippen molar-refractivity contribution in [3.63, 3.8) is 0 Å². The number of pyridine rings is 1. The largest absolute Gasteiger partial charge is 0.496 e. The summed E-state index contributed by atoms with van der Waals surface area (Å²) in [6.45, 7) is 10.4. The van der Waals surface area contributed by atoms with Crippen LogP contribution in [0.2, 0.25) is 0 Å². The lowest BCUT2D eigenvalue weighted by atomic mass is 10.1. The molecule has 1 aromatic rings. The number of aromatic nitrogens is 1. The number of aryl methyl sites for hydroxylation is 1. The van der Waals surface area contributed by atoms with Gasteiger partial charge in [-0.15, -0.1) is 11.6 Å². The number of hydrogen-bond acceptors (Lipinski definition) is 4. The van der Waals surface area contributed by atoms with Crippen molar-refractivity contribution in [3.8, 4) is 5.75 Å². The molecule has 1 aromatic heterocycles. The standard InChI is InChI=1S/C15H24ClN3O/c1-12-10-17-14(13(2)15(12)20-3)11-19-8-6-18(5-4-16)7-9-19/h10H,4-9,11H2,1-3H3. The average molecular weight is 298 g/mol. The Bertz CT molecular complexity index is 445. The van der Waals surface area contributed by atoms with E-state index in [2.05, 4.69) is 21.7 Å². The monoisotopic (exact) mass is 297 g/mol. The normalized spacial score (nSPS) is 17.4. The topological polar surface area (TPSA) is 28.6 Å². The van der Waals surface area contributed by atoms with E-state index in [1.165, 1.54) is 0 Å². The van der Waals surface area contributed by atoms with Crippen molar-refractivity contribution in [1.29, 1.82) is 0 Å². The summed E-state index contributed by atoms with van der Waals surface area (Å²) in [6.07, 6.45) is 1.91. The summed E-state index contributed by atoms with van der Waals surface area (Å²) in [4.78, 5) is 9.45. The van der Waals surface area contributed by atoms with Crippen LogP contribution in [0.3, 0.4) is 0 Å². The fourth-order valence-electron chi connectivity index (χ4n) is 2.73. The predicted octanol–water partition coefficient (Wildman–Crippen LogP) is 2.06. The first-order chi connectivity index (χ1) is 9.65. The molecule has 20 heavy (non-hydrogen) atoms. The van der Waals surface area contributed by atoms with E-state index >= 15 is 0 Å². The number of halogens is 1. The molecule has 112 valence electrons. The molecule has 1 saturated heterocycles. The number of alkyl halides is 1. The maximum absolute atomic E-state index is 5.79. The van der Waals surface area contributed by atoms with Gasteiger partial charge in [0.2, 0.25) is 0 Å². The van der Waals surface area contributed by atoms with Crippen LogP contribution < -0.4 is 4.74 Å². The van der Waals surface area contributed by atoms with Crippen LogP contribution >= 0.6 is 11.6 Å². The van der Waals surface area contributed by atoms with E-state index in [-0.39, 0.29) is 0 Å². The summed E-state index contributed by atoms with van der Waals surface area (Å²) in [5.74, 6) is 1.69. The zero-order chi connectivity index (χ0) is 14.5. The van der Waals surface area contributed by atoms with E-state index in [1.807, 2.05) is 13.1 Å². The Morgan fingerprint density at radius 3 is 2.45 bits per heavy atom. The van der Waals surface area contributed by atoms with Crippen molar-refractivity contribution in [2.24, 2.45) is 0 Å². The summed E-state index contributed by atoms with van der Waals surface area (Å²) >= 11 is 5.79. The Labute approximate surface area is 126 Å². The molecule has 0 bridgehead atoms. The SMILES string of the molecule is COc1c(C)cnc(CN2CCN(CCCl)CC2)c1C. The second-order valence-electron chi connectivity index (χ2n) is 5.35. The molecule has 2 rings (SSSR count). The van der Waals surface area contributed by atoms with Crippen molar-refractivity contribution in [3.05, 3.63) is 23.0 Å². The van der Waals surface area contributed by atoms with Gasteiger partial charge in [0.25, 0.3) is 0 Å². The lowest BCUT2D eigenvalue weighted by Gasteiger charge is -2.34. The van der Waals surface area contributed by atoms with Gasteiger partial charge < -0.3 is 4.74 Å². The molecule has 0 atom stereocenters. The van der Waals surface area contributed by atoms with Crippen LogP contribution in [-0.4, -0.2) is 60.5 Å². The second-order valence-corrected chi connectivity index (χ2v) is 5.73. The Morgan fingerprint density at radius 1 is 1.20 bits per heavy atom. The third-order valence-electron chi connectivity index (χ3n) is 3.99. The zero-order valence-electron chi connectivity index (χ0n) is 12.7. The molecule has 0 aliphatic carbocycles. The molecule has 0 spiro atoms. The van der Waals surface area contributed by atoms with Crippen LogP contribution in [0.25, 0.3) is 0 Å². The van der Waals surface area contributed by atoms with Gasteiger partial charge in [-0.05, 0) is 13.8 Å². The Hall–Kier alpha value is -0.840. The van der Waals surface area contributed by atoms with E-state index in [0.717, 1.165) is 67.7 Å². The summed E-state index contributed by atoms with van der Waals surface area (Å²) in [6, 6.07) is 0. The van der Waals surface area contributed by atoms with Gasteiger partial charge in [0.15, 0.2) is 0 Å².